The van der Waals surface area contributed by atoms with Crippen LogP contribution in [-0.2, 0) is 26.0 Å². The van der Waals surface area contributed by atoms with Crippen LogP contribution in [0.2, 0.25) is 0 Å². The van der Waals surface area contributed by atoms with Crippen LogP contribution in [0.4, 0.5) is 11.4 Å². The zero-order valence-electron chi connectivity index (χ0n) is 18.8. The molecule has 0 saturated carbocycles. The number of amides is 2. The number of benzene rings is 2. The maximum absolute atomic E-state index is 13.1. The molecule has 0 fully saturated rings. The first-order valence-corrected chi connectivity index (χ1v) is 12.3. The number of nitrogens with one attached hydrogen (secondary N) is 2. The van der Waals surface area contributed by atoms with E-state index in [-0.39, 0.29) is 16.7 Å². The van der Waals surface area contributed by atoms with Gasteiger partial charge in [-0.25, -0.2) is 8.42 Å². The molecule has 4 rings (SSSR count). The Bertz CT molecular complexity index is 1190. The maximum Gasteiger partial charge on any atom is 0.242 e. The van der Waals surface area contributed by atoms with Crippen LogP contribution in [0.1, 0.15) is 26.3 Å². The van der Waals surface area contributed by atoms with Gasteiger partial charge in [0.25, 0.3) is 0 Å². The van der Waals surface area contributed by atoms with Gasteiger partial charge < -0.3 is 19.7 Å². The van der Waals surface area contributed by atoms with Crippen molar-refractivity contribution in [3.05, 3.63) is 42.0 Å². The molecule has 9 nitrogen and oxygen atoms in total. The second-order valence-corrected chi connectivity index (χ2v) is 10.1. The lowest BCUT2D eigenvalue weighted by Gasteiger charge is -2.23. The van der Waals surface area contributed by atoms with Crippen LogP contribution >= 0.6 is 0 Å². The first-order chi connectivity index (χ1) is 15.7. The molecule has 0 aromatic heterocycles. The van der Waals surface area contributed by atoms with Gasteiger partial charge in [0.1, 0.15) is 19.3 Å². The Morgan fingerprint density at radius 2 is 1.76 bits per heavy atom. The lowest BCUT2D eigenvalue weighted by atomic mass is 10.0. The van der Waals surface area contributed by atoms with E-state index in [0.717, 1.165) is 11.3 Å². The van der Waals surface area contributed by atoms with Crippen molar-refractivity contribution in [2.75, 3.05) is 30.0 Å². The summed E-state index contributed by atoms with van der Waals surface area (Å²) in [5.74, 6) is 0.255. The van der Waals surface area contributed by atoms with Crippen molar-refractivity contribution in [1.29, 1.82) is 0 Å². The van der Waals surface area contributed by atoms with Crippen molar-refractivity contribution in [3.8, 4) is 11.5 Å². The molecule has 33 heavy (non-hydrogen) atoms. The molecule has 2 heterocycles. The van der Waals surface area contributed by atoms with Gasteiger partial charge >= 0.3 is 0 Å². The fraction of sp³-hybridized carbons (Fsp3) is 0.391. The highest BCUT2D eigenvalue weighted by atomic mass is 32.2. The molecule has 176 valence electrons. The molecule has 2 aliphatic rings. The maximum atomic E-state index is 13.1. The third kappa shape index (κ3) is 4.81. The Labute approximate surface area is 193 Å². The van der Waals surface area contributed by atoms with Crippen molar-refractivity contribution in [2.24, 2.45) is 5.92 Å². The number of hydrogen-bond donors (Lipinski definition) is 2. The Hall–Kier alpha value is -3.11. The fourth-order valence-corrected chi connectivity index (χ4v) is 5.34. The molecule has 2 amide bonds. The smallest absolute Gasteiger partial charge is 0.242 e. The van der Waals surface area contributed by atoms with Crippen LogP contribution in [0.5, 0.6) is 11.5 Å². The number of hydrogen-bond acceptors (Lipinski definition) is 6. The lowest BCUT2D eigenvalue weighted by molar-refractivity contribution is -0.118. The molecule has 10 heteroatoms. The number of rotatable bonds is 6. The van der Waals surface area contributed by atoms with Gasteiger partial charge in [-0.3, -0.25) is 9.59 Å². The predicted octanol–water partition coefficient (Wildman–Crippen LogP) is 2.31. The Balaban J connectivity index is 1.51. The van der Waals surface area contributed by atoms with E-state index in [1.165, 1.54) is 13.0 Å². The summed E-state index contributed by atoms with van der Waals surface area (Å²) in [7, 11) is -3.97. The van der Waals surface area contributed by atoms with E-state index < -0.39 is 22.0 Å². The van der Waals surface area contributed by atoms with Crippen molar-refractivity contribution in [2.45, 2.75) is 38.1 Å². The highest BCUT2D eigenvalue weighted by molar-refractivity contribution is 7.89. The Morgan fingerprint density at radius 1 is 1.03 bits per heavy atom. The zero-order valence-corrected chi connectivity index (χ0v) is 19.6. The van der Waals surface area contributed by atoms with E-state index in [0.29, 0.717) is 43.4 Å². The highest BCUT2D eigenvalue weighted by Crippen LogP contribution is 2.33. The number of carbonyl (C=O) groups excluding carboxylic acids is 2. The SMILES string of the molecule is CC(=O)N1CCc2cc(S(=O)(=O)N[C@@H](C(=O)Nc3ccc4c(c3)OCCO4)C(C)C)ccc21. The number of sulfonamides is 1. The van der Waals surface area contributed by atoms with Crippen LogP contribution in [-0.4, -0.2) is 46.0 Å². The number of fused-ring (bicyclic) bond motifs is 2. The average Bonchev–Trinajstić information content (AvgIpc) is 3.21. The largest absolute Gasteiger partial charge is 0.486 e. The van der Waals surface area contributed by atoms with Gasteiger partial charge in [-0.1, -0.05) is 13.8 Å². The molecule has 1 atom stereocenters. The van der Waals surface area contributed by atoms with E-state index in [1.54, 1.807) is 49.1 Å². The second-order valence-electron chi connectivity index (χ2n) is 8.40. The minimum Gasteiger partial charge on any atom is -0.486 e. The molecule has 2 aliphatic heterocycles. The Morgan fingerprint density at radius 3 is 2.45 bits per heavy atom. The molecule has 0 aliphatic carbocycles. The number of ether oxygens (including phenoxy) is 2. The first kappa shape index (κ1) is 23.1. The van der Waals surface area contributed by atoms with Gasteiger partial charge in [0.2, 0.25) is 21.8 Å². The monoisotopic (exact) mass is 473 g/mol. The zero-order chi connectivity index (χ0) is 23.8. The molecule has 2 aromatic carbocycles. The van der Waals surface area contributed by atoms with Crippen molar-refractivity contribution in [1.82, 2.24) is 4.72 Å². The van der Waals surface area contributed by atoms with Gasteiger partial charge in [-0.15, -0.1) is 0 Å². The van der Waals surface area contributed by atoms with E-state index in [1.807, 2.05) is 0 Å². The van der Waals surface area contributed by atoms with Crippen molar-refractivity contribution >= 4 is 33.2 Å². The van der Waals surface area contributed by atoms with Crippen LogP contribution in [0.15, 0.2) is 41.3 Å². The molecule has 0 saturated heterocycles. The summed E-state index contributed by atoms with van der Waals surface area (Å²) in [5, 5.41) is 2.76. The summed E-state index contributed by atoms with van der Waals surface area (Å²) in [4.78, 5) is 26.4. The van der Waals surface area contributed by atoms with Gasteiger partial charge in [-0.2, -0.15) is 4.72 Å². The van der Waals surface area contributed by atoms with Crippen molar-refractivity contribution in [3.63, 3.8) is 0 Å². The topological polar surface area (TPSA) is 114 Å². The minimum atomic E-state index is -3.97. The molecule has 2 aromatic rings. The van der Waals surface area contributed by atoms with Gasteiger partial charge in [-0.05, 0) is 48.2 Å². The van der Waals surface area contributed by atoms with Crippen LogP contribution < -0.4 is 24.4 Å². The van der Waals surface area contributed by atoms with Gasteiger partial charge in [0.05, 0.1) is 4.90 Å². The van der Waals surface area contributed by atoms with Crippen LogP contribution in [0.25, 0.3) is 0 Å². The predicted molar refractivity (Wildman–Crippen MR) is 123 cm³/mol. The van der Waals surface area contributed by atoms with Crippen LogP contribution in [0, 0.1) is 5.92 Å². The summed E-state index contributed by atoms with van der Waals surface area (Å²) in [6, 6.07) is 8.70. The van der Waals surface area contributed by atoms with E-state index >= 15 is 0 Å². The number of nitrogens with zero attached hydrogens (tertiary/aromatic N) is 1. The molecule has 0 unspecified atom stereocenters. The Kier molecular flexibility index (Phi) is 6.31. The number of anilines is 2. The summed E-state index contributed by atoms with van der Waals surface area (Å²) < 4.78 is 39.8. The summed E-state index contributed by atoms with van der Waals surface area (Å²) >= 11 is 0. The normalized spacial score (nSPS) is 15.8. The standard InChI is InChI=1S/C23H27N3O6S/c1-14(2)22(23(28)24-17-4-7-20-21(13-17)32-11-10-31-20)25-33(29,30)18-5-6-19-16(12-18)8-9-26(19)15(3)27/h4-7,12-14,22,25H,8-11H2,1-3H3,(H,24,28)/t22-/m1/s1. The third-order valence-electron chi connectivity index (χ3n) is 5.68. The molecular weight excluding hydrogens is 446 g/mol. The average molecular weight is 474 g/mol. The van der Waals surface area contributed by atoms with Crippen molar-refractivity contribution < 1.29 is 27.5 Å². The highest BCUT2D eigenvalue weighted by Gasteiger charge is 2.30. The molecular formula is C23H27N3O6S. The summed E-state index contributed by atoms with van der Waals surface area (Å²) in [6.07, 6.45) is 0.580. The summed E-state index contributed by atoms with van der Waals surface area (Å²) in [5.41, 5.74) is 1.99. The van der Waals surface area contributed by atoms with E-state index in [4.69, 9.17) is 9.47 Å². The molecule has 2 N–H and O–H groups in total. The summed E-state index contributed by atoms with van der Waals surface area (Å²) in [6.45, 7) is 6.42. The quantitative estimate of drug-likeness (QED) is 0.666. The second kappa shape index (κ2) is 9.03. The third-order valence-corrected chi connectivity index (χ3v) is 7.12. The minimum absolute atomic E-state index is 0.0597. The van der Waals surface area contributed by atoms with Gasteiger partial charge in [0.15, 0.2) is 11.5 Å². The van der Waals surface area contributed by atoms with Crippen LogP contribution in [0.3, 0.4) is 0 Å². The first-order valence-electron chi connectivity index (χ1n) is 10.8. The van der Waals surface area contributed by atoms with E-state index in [9.17, 15) is 18.0 Å². The molecule has 0 bridgehead atoms. The van der Waals surface area contributed by atoms with Gasteiger partial charge in [0, 0.05) is 30.9 Å². The van der Waals surface area contributed by atoms with E-state index in [2.05, 4.69) is 10.0 Å². The number of carbonyl (C=O) groups is 2. The molecule has 0 radical (unpaired) electrons. The lowest BCUT2D eigenvalue weighted by Crippen LogP contribution is -2.47. The molecule has 0 spiro atoms. The fourth-order valence-electron chi connectivity index (χ4n) is 3.94.